The molecule has 2 aromatic carbocycles. The molecule has 0 amide bonds. The predicted molar refractivity (Wildman–Crippen MR) is 106 cm³/mol. The maximum atomic E-state index is 12.7. The van der Waals surface area contributed by atoms with Gasteiger partial charge < -0.3 is 4.74 Å². The molecular formula is C20H22N4O2S. The number of benzene rings is 2. The molecule has 3 rings (SSSR count). The van der Waals surface area contributed by atoms with E-state index in [1.807, 2.05) is 51.1 Å². The summed E-state index contributed by atoms with van der Waals surface area (Å²) in [5, 5.41) is 12.2. The van der Waals surface area contributed by atoms with E-state index in [9.17, 15) is 4.79 Å². The van der Waals surface area contributed by atoms with E-state index < -0.39 is 0 Å². The first kappa shape index (κ1) is 19.1. The second kappa shape index (κ2) is 8.35. The topological polar surface area (TPSA) is 69.9 Å². The number of thioether (sulfide) groups is 1. The van der Waals surface area contributed by atoms with E-state index in [0.717, 1.165) is 17.0 Å². The van der Waals surface area contributed by atoms with Crippen molar-refractivity contribution in [1.82, 2.24) is 20.2 Å². The molecule has 0 N–H and O–H groups in total. The van der Waals surface area contributed by atoms with Crippen molar-refractivity contribution in [2.24, 2.45) is 0 Å². The third kappa shape index (κ3) is 4.36. The highest BCUT2D eigenvalue weighted by Crippen LogP contribution is 2.26. The number of ether oxygens (including phenoxy) is 1. The molecule has 3 aromatic rings. The smallest absolute Gasteiger partial charge is 0.214 e. The van der Waals surface area contributed by atoms with Crippen LogP contribution in [0.25, 0.3) is 5.69 Å². The Morgan fingerprint density at radius 3 is 2.56 bits per heavy atom. The van der Waals surface area contributed by atoms with Gasteiger partial charge in [0, 0.05) is 5.56 Å². The van der Waals surface area contributed by atoms with Gasteiger partial charge in [-0.2, -0.15) is 4.68 Å². The minimum Gasteiger partial charge on any atom is -0.494 e. The Labute approximate surface area is 162 Å². The molecule has 0 saturated heterocycles. The Hall–Kier alpha value is -2.67. The highest BCUT2D eigenvalue weighted by atomic mass is 32.2. The number of hydrogen-bond donors (Lipinski definition) is 0. The van der Waals surface area contributed by atoms with Gasteiger partial charge in [-0.25, -0.2) is 0 Å². The molecule has 0 saturated carbocycles. The van der Waals surface area contributed by atoms with Crippen LogP contribution in [0.2, 0.25) is 0 Å². The predicted octanol–water partition coefficient (Wildman–Crippen LogP) is 4.04. The van der Waals surface area contributed by atoms with Crippen LogP contribution in [0.5, 0.6) is 5.75 Å². The summed E-state index contributed by atoms with van der Waals surface area (Å²) in [6.45, 7) is 8.50. The van der Waals surface area contributed by atoms with Crippen LogP contribution in [0.15, 0.2) is 47.6 Å². The quantitative estimate of drug-likeness (QED) is 0.454. The molecule has 6 nitrogen and oxygen atoms in total. The number of carbonyl (C=O) groups is 1. The maximum Gasteiger partial charge on any atom is 0.214 e. The maximum absolute atomic E-state index is 12.7. The van der Waals surface area contributed by atoms with E-state index in [1.165, 1.54) is 17.3 Å². The molecule has 0 aliphatic heterocycles. The highest BCUT2D eigenvalue weighted by molar-refractivity contribution is 8.00. The van der Waals surface area contributed by atoms with Gasteiger partial charge in [-0.15, -0.1) is 5.10 Å². The van der Waals surface area contributed by atoms with Crippen LogP contribution in [0.3, 0.4) is 0 Å². The fraction of sp³-hybridized carbons (Fsp3) is 0.300. The number of aryl methyl sites for hydroxylation is 2. The van der Waals surface area contributed by atoms with Crippen LogP contribution >= 0.6 is 11.8 Å². The van der Waals surface area contributed by atoms with Gasteiger partial charge in [0.1, 0.15) is 5.75 Å². The lowest BCUT2D eigenvalue weighted by Crippen LogP contribution is -2.14. The van der Waals surface area contributed by atoms with Crippen molar-refractivity contribution in [2.45, 2.75) is 38.1 Å². The zero-order valence-corrected chi connectivity index (χ0v) is 16.7. The molecule has 0 aliphatic carbocycles. The lowest BCUT2D eigenvalue weighted by atomic mass is 10.1. The number of aromatic nitrogens is 4. The van der Waals surface area contributed by atoms with Gasteiger partial charge in [0.15, 0.2) is 5.78 Å². The summed E-state index contributed by atoms with van der Waals surface area (Å²) >= 11 is 1.35. The molecule has 0 bridgehead atoms. The van der Waals surface area contributed by atoms with Crippen molar-refractivity contribution in [3.05, 3.63) is 59.2 Å². The molecule has 7 heteroatoms. The van der Waals surface area contributed by atoms with Gasteiger partial charge >= 0.3 is 0 Å². The first-order chi connectivity index (χ1) is 13.0. The zero-order chi connectivity index (χ0) is 19.4. The van der Waals surface area contributed by atoms with Gasteiger partial charge in [0.05, 0.1) is 17.5 Å². The fourth-order valence-corrected chi connectivity index (χ4v) is 3.48. The Morgan fingerprint density at radius 1 is 1.15 bits per heavy atom. The van der Waals surface area contributed by atoms with Crippen molar-refractivity contribution >= 4 is 17.5 Å². The molecule has 1 atom stereocenters. The first-order valence-electron chi connectivity index (χ1n) is 8.79. The molecule has 0 unspecified atom stereocenters. The van der Waals surface area contributed by atoms with E-state index >= 15 is 0 Å². The highest BCUT2D eigenvalue weighted by Gasteiger charge is 2.20. The number of Topliss-reactive ketones (excluding diaryl/α,β-unsaturated/α-hetero) is 1. The summed E-state index contributed by atoms with van der Waals surface area (Å²) in [7, 11) is 0. The molecule has 0 fully saturated rings. The van der Waals surface area contributed by atoms with Crippen molar-refractivity contribution in [1.29, 1.82) is 0 Å². The van der Waals surface area contributed by atoms with Crippen LogP contribution in [0, 0.1) is 13.8 Å². The SMILES string of the molecule is CCOc1ccc(C(=O)[C@@H](C)Sc2nnnn2-c2ccc(C)c(C)c2)cc1. The Kier molecular flexibility index (Phi) is 5.91. The number of hydrogen-bond acceptors (Lipinski definition) is 6. The monoisotopic (exact) mass is 382 g/mol. The Morgan fingerprint density at radius 2 is 1.89 bits per heavy atom. The summed E-state index contributed by atoms with van der Waals surface area (Å²) in [6, 6.07) is 13.2. The van der Waals surface area contributed by atoms with Crippen LogP contribution in [-0.4, -0.2) is 37.8 Å². The summed E-state index contributed by atoms with van der Waals surface area (Å²) in [5.74, 6) is 0.783. The summed E-state index contributed by atoms with van der Waals surface area (Å²) in [4.78, 5) is 12.7. The average Bonchev–Trinajstić information content (AvgIpc) is 3.12. The van der Waals surface area contributed by atoms with Crippen LogP contribution in [-0.2, 0) is 0 Å². The molecule has 1 aromatic heterocycles. The average molecular weight is 382 g/mol. The summed E-state index contributed by atoms with van der Waals surface area (Å²) in [5.41, 5.74) is 3.90. The second-order valence-corrected chi connectivity index (χ2v) is 7.53. The third-order valence-electron chi connectivity index (χ3n) is 4.28. The fourth-order valence-electron chi connectivity index (χ4n) is 2.60. The third-order valence-corrected chi connectivity index (χ3v) is 5.31. The summed E-state index contributed by atoms with van der Waals surface area (Å²) in [6.07, 6.45) is 0. The molecule has 0 aliphatic rings. The second-order valence-electron chi connectivity index (χ2n) is 6.22. The van der Waals surface area contributed by atoms with Crippen LogP contribution in [0.1, 0.15) is 35.3 Å². The summed E-state index contributed by atoms with van der Waals surface area (Å²) < 4.78 is 7.09. The molecule has 0 spiro atoms. The van der Waals surface area contributed by atoms with E-state index in [4.69, 9.17) is 4.74 Å². The van der Waals surface area contributed by atoms with E-state index in [0.29, 0.717) is 17.3 Å². The van der Waals surface area contributed by atoms with Crippen molar-refractivity contribution in [2.75, 3.05) is 6.61 Å². The van der Waals surface area contributed by atoms with E-state index in [2.05, 4.69) is 22.4 Å². The standard InChI is InChI=1S/C20H22N4O2S/c1-5-26-18-10-7-16(8-11-18)19(25)15(4)27-20-21-22-23-24(20)17-9-6-13(2)14(3)12-17/h6-12,15H,5H2,1-4H3/t15-/m1/s1. The normalized spacial score (nSPS) is 12.0. The molecule has 1 heterocycles. The lowest BCUT2D eigenvalue weighted by molar-refractivity contribution is 0.0994. The van der Waals surface area contributed by atoms with Gasteiger partial charge in [-0.05, 0) is 85.6 Å². The van der Waals surface area contributed by atoms with Crippen molar-refractivity contribution < 1.29 is 9.53 Å². The molecule has 140 valence electrons. The van der Waals surface area contributed by atoms with Crippen LogP contribution < -0.4 is 4.74 Å². The van der Waals surface area contributed by atoms with Gasteiger partial charge in [-0.3, -0.25) is 4.79 Å². The van der Waals surface area contributed by atoms with E-state index in [-0.39, 0.29) is 11.0 Å². The number of carbonyl (C=O) groups excluding carboxylic acids is 1. The van der Waals surface area contributed by atoms with Gasteiger partial charge in [0.25, 0.3) is 0 Å². The zero-order valence-electron chi connectivity index (χ0n) is 15.8. The Bertz CT molecular complexity index is 937. The lowest BCUT2D eigenvalue weighted by Gasteiger charge is -2.11. The number of rotatable bonds is 7. The number of nitrogens with zero attached hydrogens (tertiary/aromatic N) is 4. The molecular weight excluding hydrogens is 360 g/mol. The molecule has 27 heavy (non-hydrogen) atoms. The number of ketones is 1. The van der Waals surface area contributed by atoms with Gasteiger partial charge in [0.2, 0.25) is 5.16 Å². The molecule has 0 radical (unpaired) electrons. The minimum atomic E-state index is -0.320. The first-order valence-corrected chi connectivity index (χ1v) is 9.67. The van der Waals surface area contributed by atoms with Crippen molar-refractivity contribution in [3.63, 3.8) is 0 Å². The Balaban J connectivity index is 1.76. The number of tetrazole rings is 1. The van der Waals surface area contributed by atoms with E-state index in [1.54, 1.807) is 16.8 Å². The van der Waals surface area contributed by atoms with Crippen LogP contribution in [0.4, 0.5) is 0 Å². The van der Waals surface area contributed by atoms with Gasteiger partial charge in [-0.1, -0.05) is 17.8 Å². The van der Waals surface area contributed by atoms with Crippen molar-refractivity contribution in [3.8, 4) is 11.4 Å². The minimum absolute atomic E-state index is 0.0256. The largest absolute Gasteiger partial charge is 0.494 e.